The van der Waals surface area contributed by atoms with Gasteiger partial charge in [-0.15, -0.1) is 0 Å². The summed E-state index contributed by atoms with van der Waals surface area (Å²) in [5, 5.41) is 9.69. The highest BCUT2D eigenvalue weighted by atomic mass is 16.3. The average Bonchev–Trinajstić information content (AvgIpc) is 2.31. The number of benzene rings is 2. The molecular weight excluding hydrogens is 198 g/mol. The van der Waals surface area contributed by atoms with Crippen molar-refractivity contribution in [2.24, 2.45) is 0 Å². The molecule has 81 valence electrons. The van der Waals surface area contributed by atoms with Crippen LogP contribution >= 0.6 is 0 Å². The zero-order chi connectivity index (χ0) is 11.4. The molecule has 0 unspecified atom stereocenters. The van der Waals surface area contributed by atoms with Gasteiger partial charge in [0.25, 0.3) is 0 Å². The normalized spacial score (nSPS) is 10.1. The molecule has 0 atom stereocenters. The van der Waals surface area contributed by atoms with Crippen molar-refractivity contribution in [3.63, 3.8) is 0 Å². The first kappa shape index (κ1) is 10.6. The molecule has 1 radical (unpaired) electrons. The quantitative estimate of drug-likeness (QED) is 0.845. The third-order valence-corrected chi connectivity index (χ3v) is 2.46. The molecule has 1 N–H and O–H groups in total. The van der Waals surface area contributed by atoms with Crippen LogP contribution in [0.5, 0.6) is 5.75 Å². The maximum Gasteiger partial charge on any atom is 0.139 e. The lowest BCUT2D eigenvalue weighted by Gasteiger charge is -2.19. The summed E-state index contributed by atoms with van der Waals surface area (Å²) in [6, 6.07) is 18.4. The lowest BCUT2D eigenvalue weighted by atomic mass is 10.2. The molecule has 2 nitrogen and oxygen atoms in total. The van der Waals surface area contributed by atoms with Gasteiger partial charge in [0.1, 0.15) is 5.75 Å². The Hall–Kier alpha value is -1.96. The zero-order valence-corrected chi connectivity index (χ0v) is 9.22. The fourth-order valence-corrected chi connectivity index (χ4v) is 1.66. The second-order valence-electron chi connectivity index (χ2n) is 3.75. The van der Waals surface area contributed by atoms with Gasteiger partial charge >= 0.3 is 0 Å². The summed E-state index contributed by atoms with van der Waals surface area (Å²) in [7, 11) is 1.94. The molecule has 2 rings (SSSR count). The minimum atomic E-state index is 0.265. The Morgan fingerprint density at radius 2 is 1.88 bits per heavy atom. The van der Waals surface area contributed by atoms with E-state index < -0.39 is 0 Å². The molecule has 0 saturated carbocycles. The van der Waals surface area contributed by atoms with Crippen LogP contribution in [0.25, 0.3) is 0 Å². The summed E-state index contributed by atoms with van der Waals surface area (Å²) >= 11 is 0. The third-order valence-electron chi connectivity index (χ3n) is 2.46. The number of hydrogen-bond donors (Lipinski definition) is 1. The number of hydrogen-bond acceptors (Lipinski definition) is 2. The summed E-state index contributed by atoms with van der Waals surface area (Å²) in [5.74, 6) is 0.265. The van der Waals surface area contributed by atoms with Crippen molar-refractivity contribution in [3.05, 3.63) is 60.2 Å². The third kappa shape index (κ3) is 2.34. The topological polar surface area (TPSA) is 23.5 Å². The van der Waals surface area contributed by atoms with Crippen LogP contribution in [0.1, 0.15) is 5.56 Å². The Kier molecular flexibility index (Phi) is 3.10. The molecule has 0 spiro atoms. The van der Waals surface area contributed by atoms with Crippen molar-refractivity contribution in [2.75, 3.05) is 11.9 Å². The first-order valence-electron chi connectivity index (χ1n) is 5.22. The van der Waals surface area contributed by atoms with Gasteiger partial charge in [0.05, 0.1) is 5.69 Å². The largest absolute Gasteiger partial charge is 0.506 e. The van der Waals surface area contributed by atoms with Crippen LogP contribution in [0.2, 0.25) is 0 Å². The average molecular weight is 212 g/mol. The predicted molar refractivity (Wildman–Crippen MR) is 65.5 cm³/mol. The van der Waals surface area contributed by atoms with Gasteiger partial charge in [-0.05, 0) is 11.6 Å². The number of nitrogens with zero attached hydrogens (tertiary/aromatic N) is 1. The van der Waals surface area contributed by atoms with Crippen molar-refractivity contribution in [3.8, 4) is 5.75 Å². The van der Waals surface area contributed by atoms with Crippen molar-refractivity contribution in [1.29, 1.82) is 0 Å². The van der Waals surface area contributed by atoms with Crippen molar-refractivity contribution in [1.82, 2.24) is 0 Å². The fourth-order valence-electron chi connectivity index (χ4n) is 1.66. The molecule has 0 heterocycles. The lowest BCUT2D eigenvalue weighted by molar-refractivity contribution is 0.474. The smallest absolute Gasteiger partial charge is 0.139 e. The molecule has 0 fully saturated rings. The summed E-state index contributed by atoms with van der Waals surface area (Å²) in [6.07, 6.45) is 0. The minimum Gasteiger partial charge on any atom is -0.506 e. The Morgan fingerprint density at radius 3 is 2.56 bits per heavy atom. The van der Waals surface area contributed by atoms with Gasteiger partial charge in [-0.2, -0.15) is 0 Å². The fraction of sp³-hybridized carbons (Fsp3) is 0.143. The first-order chi connectivity index (χ1) is 7.77. The van der Waals surface area contributed by atoms with Gasteiger partial charge in [-0.25, -0.2) is 0 Å². The molecule has 0 saturated heterocycles. The van der Waals surface area contributed by atoms with Crippen LogP contribution in [0.3, 0.4) is 0 Å². The van der Waals surface area contributed by atoms with E-state index >= 15 is 0 Å². The molecule has 2 aromatic carbocycles. The number of anilines is 1. The lowest BCUT2D eigenvalue weighted by Crippen LogP contribution is -2.16. The van der Waals surface area contributed by atoms with E-state index in [4.69, 9.17) is 0 Å². The van der Waals surface area contributed by atoms with Crippen LogP contribution in [0.4, 0.5) is 5.69 Å². The van der Waals surface area contributed by atoms with Gasteiger partial charge in [-0.1, -0.05) is 42.5 Å². The van der Waals surface area contributed by atoms with Gasteiger partial charge in [0, 0.05) is 19.7 Å². The minimum absolute atomic E-state index is 0.265. The maximum atomic E-state index is 9.69. The summed E-state index contributed by atoms with van der Waals surface area (Å²) < 4.78 is 0. The zero-order valence-electron chi connectivity index (χ0n) is 9.22. The molecule has 0 aliphatic heterocycles. The predicted octanol–water partition coefficient (Wildman–Crippen LogP) is 2.83. The Bertz CT molecular complexity index is 453. The first-order valence-corrected chi connectivity index (χ1v) is 5.22. The SMILES string of the molecule is CN(Cc1ccccc1)c1[c]cccc1O. The Morgan fingerprint density at radius 1 is 1.12 bits per heavy atom. The second kappa shape index (κ2) is 4.71. The van der Waals surface area contributed by atoms with E-state index in [9.17, 15) is 5.11 Å². The summed E-state index contributed by atoms with van der Waals surface area (Å²) in [6.45, 7) is 0.759. The van der Waals surface area contributed by atoms with E-state index in [0.29, 0.717) is 0 Å². The standard InChI is InChI=1S/C14H14NO/c1-15(11-12-7-3-2-4-8-12)13-9-5-6-10-14(13)16/h2-8,10,16H,11H2,1H3. The molecular formula is C14H14NO. The van der Waals surface area contributed by atoms with E-state index in [-0.39, 0.29) is 5.75 Å². The van der Waals surface area contributed by atoms with Crippen LogP contribution in [-0.4, -0.2) is 12.2 Å². The number of aromatic hydroxyl groups is 1. The molecule has 0 aromatic heterocycles. The van der Waals surface area contributed by atoms with Gasteiger partial charge in [0.2, 0.25) is 0 Å². The van der Waals surface area contributed by atoms with E-state index in [2.05, 4.69) is 18.2 Å². The molecule has 2 aromatic rings. The molecule has 0 amide bonds. The number of phenolic OH excluding ortho intramolecular Hbond substituents is 1. The second-order valence-corrected chi connectivity index (χ2v) is 3.75. The Balaban J connectivity index is 2.15. The van der Waals surface area contributed by atoms with Crippen molar-refractivity contribution < 1.29 is 5.11 Å². The summed E-state index contributed by atoms with van der Waals surface area (Å²) in [5.41, 5.74) is 1.94. The van der Waals surface area contributed by atoms with Crippen LogP contribution in [0, 0.1) is 6.07 Å². The molecule has 0 aliphatic carbocycles. The van der Waals surface area contributed by atoms with Crippen molar-refractivity contribution >= 4 is 5.69 Å². The van der Waals surface area contributed by atoms with Gasteiger partial charge in [0.15, 0.2) is 0 Å². The van der Waals surface area contributed by atoms with Gasteiger partial charge in [-0.3, -0.25) is 0 Å². The number of rotatable bonds is 3. The van der Waals surface area contributed by atoms with E-state index in [1.165, 1.54) is 5.56 Å². The number of phenols is 1. The highest BCUT2D eigenvalue weighted by molar-refractivity contribution is 5.56. The van der Waals surface area contributed by atoms with E-state index in [1.54, 1.807) is 18.2 Å². The van der Waals surface area contributed by atoms with Gasteiger partial charge < -0.3 is 10.0 Å². The van der Waals surface area contributed by atoms with E-state index in [0.717, 1.165) is 12.2 Å². The number of para-hydroxylation sites is 1. The highest BCUT2D eigenvalue weighted by Gasteiger charge is 2.06. The molecule has 0 bridgehead atoms. The monoisotopic (exact) mass is 212 g/mol. The summed E-state index contributed by atoms with van der Waals surface area (Å²) in [4.78, 5) is 1.98. The highest BCUT2D eigenvalue weighted by Crippen LogP contribution is 2.25. The molecule has 2 heteroatoms. The molecule has 16 heavy (non-hydrogen) atoms. The van der Waals surface area contributed by atoms with Crippen LogP contribution < -0.4 is 4.90 Å². The van der Waals surface area contributed by atoms with Crippen LogP contribution in [0.15, 0.2) is 48.5 Å². The molecule has 0 aliphatic rings. The van der Waals surface area contributed by atoms with Crippen molar-refractivity contribution in [2.45, 2.75) is 6.54 Å². The van der Waals surface area contributed by atoms with E-state index in [1.807, 2.05) is 30.1 Å². The van der Waals surface area contributed by atoms with Crippen LogP contribution in [-0.2, 0) is 6.54 Å². The maximum absolute atomic E-state index is 9.69. The Labute approximate surface area is 95.8 Å².